The van der Waals surface area contributed by atoms with Crippen molar-refractivity contribution < 1.29 is 13.5 Å². The molecule has 0 unspecified atom stereocenters. The SMILES string of the molecule is CS(=O)(=O)c1cccc(CCC[C@H]2CCNC[C@@H]2O)c1. The Morgan fingerprint density at radius 3 is 2.90 bits per heavy atom. The molecule has 1 saturated heterocycles. The molecule has 0 aromatic heterocycles. The number of piperidine rings is 1. The molecule has 0 bridgehead atoms. The topological polar surface area (TPSA) is 66.4 Å². The molecule has 2 rings (SSSR count). The Bertz CT molecular complexity index is 542. The van der Waals surface area contributed by atoms with Crippen molar-refractivity contribution in [2.45, 2.75) is 36.7 Å². The lowest BCUT2D eigenvalue weighted by Gasteiger charge is -2.28. The summed E-state index contributed by atoms with van der Waals surface area (Å²) in [4.78, 5) is 0.386. The molecule has 1 aliphatic heterocycles. The standard InChI is InChI=1S/C15H23NO3S/c1-20(18,19)14-7-3-5-12(10-14)4-2-6-13-8-9-16-11-15(13)17/h3,5,7,10,13,15-17H,2,4,6,8-9,11H2,1H3/t13-,15-/m0/s1. The molecule has 1 heterocycles. The van der Waals surface area contributed by atoms with Gasteiger partial charge < -0.3 is 10.4 Å². The molecule has 4 nitrogen and oxygen atoms in total. The van der Waals surface area contributed by atoms with E-state index < -0.39 is 9.84 Å². The lowest BCUT2D eigenvalue weighted by molar-refractivity contribution is 0.0761. The van der Waals surface area contributed by atoms with Gasteiger partial charge in [0.2, 0.25) is 0 Å². The maximum atomic E-state index is 11.5. The smallest absolute Gasteiger partial charge is 0.175 e. The maximum absolute atomic E-state index is 11.5. The van der Waals surface area contributed by atoms with Crippen LogP contribution in [-0.4, -0.2) is 39.0 Å². The minimum Gasteiger partial charge on any atom is -0.392 e. The molecule has 5 heteroatoms. The van der Waals surface area contributed by atoms with Gasteiger partial charge in [0.1, 0.15) is 0 Å². The highest BCUT2D eigenvalue weighted by Gasteiger charge is 2.21. The van der Waals surface area contributed by atoms with Crippen molar-refractivity contribution >= 4 is 9.84 Å². The molecule has 1 aromatic carbocycles. The average Bonchev–Trinajstić information content (AvgIpc) is 2.40. The summed E-state index contributed by atoms with van der Waals surface area (Å²) in [6, 6.07) is 7.15. The first-order valence-corrected chi connectivity index (χ1v) is 9.04. The number of hydrogen-bond acceptors (Lipinski definition) is 4. The Hall–Kier alpha value is -0.910. The average molecular weight is 297 g/mol. The summed E-state index contributed by atoms with van der Waals surface area (Å²) in [5.41, 5.74) is 1.05. The van der Waals surface area contributed by atoms with E-state index in [-0.39, 0.29) is 6.10 Å². The first-order chi connectivity index (χ1) is 9.47. The van der Waals surface area contributed by atoms with E-state index in [1.54, 1.807) is 18.2 Å². The van der Waals surface area contributed by atoms with Gasteiger partial charge in [0.05, 0.1) is 11.0 Å². The van der Waals surface area contributed by atoms with E-state index >= 15 is 0 Å². The minimum atomic E-state index is -3.13. The van der Waals surface area contributed by atoms with E-state index in [2.05, 4.69) is 5.32 Å². The Morgan fingerprint density at radius 2 is 2.20 bits per heavy atom. The lowest BCUT2D eigenvalue weighted by atomic mass is 9.89. The number of β-amino-alcohol motifs (C(OH)–C–C–N with tert-alkyl or cyclic N) is 1. The predicted octanol–water partition coefficient (Wildman–Crippen LogP) is 1.38. The third-order valence-electron chi connectivity index (χ3n) is 3.96. The third kappa shape index (κ3) is 4.30. The maximum Gasteiger partial charge on any atom is 0.175 e. The molecule has 1 fully saturated rings. The van der Waals surface area contributed by atoms with Gasteiger partial charge in [0.25, 0.3) is 0 Å². The van der Waals surface area contributed by atoms with Crippen LogP contribution in [0.2, 0.25) is 0 Å². The molecule has 0 aliphatic carbocycles. The number of rotatable bonds is 5. The third-order valence-corrected chi connectivity index (χ3v) is 5.07. The summed E-state index contributed by atoms with van der Waals surface area (Å²) in [5, 5.41) is 13.1. The van der Waals surface area contributed by atoms with E-state index in [9.17, 15) is 13.5 Å². The number of aryl methyl sites for hydroxylation is 1. The van der Waals surface area contributed by atoms with Crippen LogP contribution in [0.1, 0.15) is 24.8 Å². The number of nitrogens with one attached hydrogen (secondary N) is 1. The van der Waals surface area contributed by atoms with Gasteiger partial charge in [-0.15, -0.1) is 0 Å². The fourth-order valence-electron chi connectivity index (χ4n) is 2.73. The summed E-state index contributed by atoms with van der Waals surface area (Å²) >= 11 is 0. The first-order valence-electron chi connectivity index (χ1n) is 7.14. The van der Waals surface area contributed by atoms with E-state index in [0.717, 1.165) is 37.8 Å². The summed E-state index contributed by atoms with van der Waals surface area (Å²) in [7, 11) is -3.13. The van der Waals surface area contributed by atoms with Gasteiger partial charge >= 0.3 is 0 Å². The van der Waals surface area contributed by atoms with E-state index in [0.29, 0.717) is 17.4 Å². The molecular weight excluding hydrogens is 274 g/mol. The summed E-state index contributed by atoms with van der Waals surface area (Å²) in [5.74, 6) is 0.370. The van der Waals surface area contributed by atoms with Crippen molar-refractivity contribution in [3.8, 4) is 0 Å². The van der Waals surface area contributed by atoms with Crippen molar-refractivity contribution in [2.24, 2.45) is 5.92 Å². The van der Waals surface area contributed by atoms with E-state index in [4.69, 9.17) is 0 Å². The Labute approximate surface area is 121 Å². The van der Waals surface area contributed by atoms with E-state index in [1.807, 2.05) is 6.07 Å². The molecule has 0 amide bonds. The number of benzene rings is 1. The molecule has 0 saturated carbocycles. The van der Waals surface area contributed by atoms with Crippen LogP contribution in [0.3, 0.4) is 0 Å². The van der Waals surface area contributed by atoms with Crippen LogP contribution in [0.5, 0.6) is 0 Å². The van der Waals surface area contributed by atoms with Crippen molar-refractivity contribution in [1.82, 2.24) is 5.32 Å². The van der Waals surface area contributed by atoms with Crippen LogP contribution in [0.4, 0.5) is 0 Å². The van der Waals surface area contributed by atoms with Gasteiger partial charge in [-0.1, -0.05) is 12.1 Å². The van der Waals surface area contributed by atoms with Crippen molar-refractivity contribution in [2.75, 3.05) is 19.3 Å². The van der Waals surface area contributed by atoms with Crippen LogP contribution >= 0.6 is 0 Å². The predicted molar refractivity (Wildman–Crippen MR) is 79.5 cm³/mol. The van der Waals surface area contributed by atoms with Crippen LogP contribution in [0, 0.1) is 5.92 Å². The first kappa shape index (κ1) is 15.5. The molecule has 2 atom stereocenters. The molecular formula is C15H23NO3S. The van der Waals surface area contributed by atoms with Crippen molar-refractivity contribution in [3.63, 3.8) is 0 Å². The second-order valence-corrected chi connectivity index (χ2v) is 7.65. The fourth-order valence-corrected chi connectivity index (χ4v) is 3.42. The van der Waals surface area contributed by atoms with Crippen molar-refractivity contribution in [3.05, 3.63) is 29.8 Å². The van der Waals surface area contributed by atoms with Gasteiger partial charge in [0, 0.05) is 12.8 Å². The Morgan fingerprint density at radius 1 is 1.40 bits per heavy atom. The fraction of sp³-hybridized carbons (Fsp3) is 0.600. The molecule has 20 heavy (non-hydrogen) atoms. The normalized spacial score (nSPS) is 23.7. The van der Waals surface area contributed by atoms with Gasteiger partial charge in [-0.05, 0) is 55.8 Å². The van der Waals surface area contributed by atoms with Crippen LogP contribution in [0.25, 0.3) is 0 Å². The minimum absolute atomic E-state index is 0.244. The molecule has 0 spiro atoms. The highest BCUT2D eigenvalue weighted by Crippen LogP contribution is 2.20. The zero-order valence-corrected chi connectivity index (χ0v) is 12.7. The molecule has 112 valence electrons. The number of hydrogen-bond donors (Lipinski definition) is 2. The zero-order chi connectivity index (χ0) is 14.6. The largest absolute Gasteiger partial charge is 0.392 e. The van der Waals surface area contributed by atoms with Gasteiger partial charge in [0.15, 0.2) is 9.84 Å². The molecule has 0 radical (unpaired) electrons. The van der Waals surface area contributed by atoms with Gasteiger partial charge in [-0.3, -0.25) is 0 Å². The quantitative estimate of drug-likeness (QED) is 0.862. The highest BCUT2D eigenvalue weighted by molar-refractivity contribution is 7.90. The lowest BCUT2D eigenvalue weighted by Crippen LogP contribution is -2.40. The Balaban J connectivity index is 1.88. The molecule has 1 aromatic rings. The van der Waals surface area contributed by atoms with Crippen LogP contribution in [0.15, 0.2) is 29.2 Å². The monoisotopic (exact) mass is 297 g/mol. The number of aliphatic hydroxyl groups is 1. The van der Waals surface area contributed by atoms with Crippen LogP contribution in [-0.2, 0) is 16.3 Å². The highest BCUT2D eigenvalue weighted by atomic mass is 32.2. The Kier molecular flexibility index (Phi) is 5.18. The van der Waals surface area contributed by atoms with E-state index in [1.165, 1.54) is 6.26 Å². The van der Waals surface area contributed by atoms with Gasteiger partial charge in [-0.2, -0.15) is 0 Å². The number of aliphatic hydroxyl groups excluding tert-OH is 1. The zero-order valence-electron chi connectivity index (χ0n) is 11.9. The molecule has 1 aliphatic rings. The van der Waals surface area contributed by atoms with Gasteiger partial charge in [-0.25, -0.2) is 8.42 Å². The van der Waals surface area contributed by atoms with Crippen molar-refractivity contribution in [1.29, 1.82) is 0 Å². The van der Waals surface area contributed by atoms with Crippen LogP contribution < -0.4 is 5.32 Å². The second-order valence-electron chi connectivity index (χ2n) is 5.63. The summed E-state index contributed by atoms with van der Waals surface area (Å²) in [6.45, 7) is 1.67. The molecule has 2 N–H and O–H groups in total. The number of sulfone groups is 1. The summed E-state index contributed by atoms with van der Waals surface area (Å²) < 4.78 is 23.0. The second kappa shape index (κ2) is 6.70. The summed E-state index contributed by atoms with van der Waals surface area (Å²) in [6.07, 6.45) is 4.84.